The Morgan fingerprint density at radius 1 is 1.47 bits per heavy atom. The summed E-state index contributed by atoms with van der Waals surface area (Å²) in [6.07, 6.45) is 7.05. The lowest BCUT2D eigenvalue weighted by molar-refractivity contribution is -0.134. The van der Waals surface area contributed by atoms with Crippen LogP contribution >= 0.6 is 0 Å². The third-order valence-electron chi connectivity index (χ3n) is 3.53. The van der Waals surface area contributed by atoms with Crippen molar-refractivity contribution in [1.29, 1.82) is 0 Å². The van der Waals surface area contributed by atoms with Gasteiger partial charge in [-0.25, -0.2) is 4.98 Å². The van der Waals surface area contributed by atoms with Crippen molar-refractivity contribution in [1.82, 2.24) is 9.55 Å². The van der Waals surface area contributed by atoms with Crippen molar-refractivity contribution in [2.24, 2.45) is 7.05 Å². The van der Waals surface area contributed by atoms with Crippen LogP contribution in [0.2, 0.25) is 0 Å². The van der Waals surface area contributed by atoms with Crippen LogP contribution in [0.1, 0.15) is 38.9 Å². The molecule has 1 aromatic rings. The van der Waals surface area contributed by atoms with Gasteiger partial charge in [-0.15, -0.1) is 0 Å². The second kappa shape index (κ2) is 4.78. The van der Waals surface area contributed by atoms with E-state index >= 15 is 0 Å². The van der Waals surface area contributed by atoms with Crippen LogP contribution in [0, 0.1) is 0 Å². The number of nitrogens with zero attached hydrogens (tertiary/aromatic N) is 2. The number of ether oxygens (including phenoxy) is 1. The number of hydrogen-bond acceptors (Lipinski definition) is 3. The van der Waals surface area contributed by atoms with Gasteiger partial charge in [0.25, 0.3) is 0 Å². The fourth-order valence-electron chi connectivity index (χ4n) is 2.83. The molecule has 0 aromatic carbocycles. The molecule has 0 bridgehead atoms. The first-order valence-electron chi connectivity index (χ1n) is 6.32. The van der Waals surface area contributed by atoms with Gasteiger partial charge < -0.3 is 14.4 Å². The molecule has 2 rings (SSSR count). The highest BCUT2D eigenvalue weighted by Crippen LogP contribution is 2.32. The van der Waals surface area contributed by atoms with Crippen LogP contribution in [-0.4, -0.2) is 32.5 Å². The van der Waals surface area contributed by atoms with Crippen molar-refractivity contribution >= 4 is 0 Å². The van der Waals surface area contributed by atoms with Crippen LogP contribution in [0.5, 0.6) is 0 Å². The average molecular weight is 238 g/mol. The number of rotatable bonds is 3. The van der Waals surface area contributed by atoms with E-state index in [1.807, 2.05) is 31.7 Å². The molecule has 0 aliphatic carbocycles. The normalized spacial score (nSPS) is 33.9. The van der Waals surface area contributed by atoms with E-state index in [0.29, 0.717) is 0 Å². The van der Waals surface area contributed by atoms with Crippen LogP contribution in [0.3, 0.4) is 0 Å². The summed E-state index contributed by atoms with van der Waals surface area (Å²) in [5.41, 5.74) is -0.594. The maximum absolute atomic E-state index is 10.6. The highest BCUT2D eigenvalue weighted by atomic mass is 16.5. The zero-order chi connectivity index (χ0) is 12.5. The predicted molar refractivity (Wildman–Crippen MR) is 65.7 cm³/mol. The molecule has 2 atom stereocenters. The molecule has 4 nitrogen and oxygen atoms in total. The van der Waals surface area contributed by atoms with Gasteiger partial charge in [0.1, 0.15) is 5.82 Å². The van der Waals surface area contributed by atoms with Crippen LogP contribution in [0.25, 0.3) is 0 Å². The van der Waals surface area contributed by atoms with Crippen molar-refractivity contribution in [3.8, 4) is 0 Å². The molecule has 1 aliphatic rings. The Balaban J connectivity index is 1.95. The van der Waals surface area contributed by atoms with Gasteiger partial charge in [-0.3, -0.25) is 0 Å². The van der Waals surface area contributed by atoms with E-state index in [4.69, 9.17) is 4.74 Å². The molecule has 1 fully saturated rings. The Morgan fingerprint density at radius 2 is 2.12 bits per heavy atom. The molecular weight excluding hydrogens is 216 g/mol. The number of imidazole rings is 1. The Kier molecular flexibility index (Phi) is 3.54. The molecule has 0 saturated carbocycles. The van der Waals surface area contributed by atoms with E-state index in [-0.39, 0.29) is 12.2 Å². The zero-order valence-corrected chi connectivity index (χ0v) is 10.9. The van der Waals surface area contributed by atoms with Gasteiger partial charge in [-0.1, -0.05) is 0 Å². The number of aliphatic hydroxyl groups is 1. The summed E-state index contributed by atoms with van der Waals surface area (Å²) in [5, 5.41) is 10.6. The lowest BCUT2D eigenvalue weighted by atomic mass is 9.84. The van der Waals surface area contributed by atoms with Crippen molar-refractivity contribution in [3.05, 3.63) is 18.2 Å². The number of aryl methyl sites for hydroxylation is 2. The van der Waals surface area contributed by atoms with Crippen molar-refractivity contribution in [3.63, 3.8) is 0 Å². The standard InChI is InChI=1S/C13H22N2O2/c1-10-8-13(16,9-11(2)17-10)5-4-12-14-6-7-15(12)3/h6-7,10-11,16H,4-5,8-9H2,1-3H3. The van der Waals surface area contributed by atoms with E-state index < -0.39 is 5.60 Å². The van der Waals surface area contributed by atoms with Gasteiger partial charge in [0, 0.05) is 38.7 Å². The fraction of sp³-hybridized carbons (Fsp3) is 0.769. The SMILES string of the molecule is CC1CC(O)(CCc2nccn2C)CC(C)O1. The van der Waals surface area contributed by atoms with Gasteiger partial charge >= 0.3 is 0 Å². The molecule has 4 heteroatoms. The van der Waals surface area contributed by atoms with Gasteiger partial charge in [0.15, 0.2) is 0 Å². The lowest BCUT2D eigenvalue weighted by Crippen LogP contribution is -2.43. The number of aromatic nitrogens is 2. The van der Waals surface area contributed by atoms with E-state index in [9.17, 15) is 5.11 Å². The monoisotopic (exact) mass is 238 g/mol. The first-order chi connectivity index (χ1) is 7.98. The third kappa shape index (κ3) is 3.07. The molecule has 0 spiro atoms. The molecule has 96 valence electrons. The second-order valence-electron chi connectivity index (χ2n) is 5.34. The molecule has 0 radical (unpaired) electrons. The Morgan fingerprint density at radius 3 is 2.65 bits per heavy atom. The highest BCUT2D eigenvalue weighted by Gasteiger charge is 2.36. The molecule has 17 heavy (non-hydrogen) atoms. The maximum Gasteiger partial charge on any atom is 0.108 e. The van der Waals surface area contributed by atoms with Gasteiger partial charge in [-0.2, -0.15) is 0 Å². The first kappa shape index (κ1) is 12.6. The minimum atomic E-state index is -0.594. The smallest absolute Gasteiger partial charge is 0.108 e. The topological polar surface area (TPSA) is 47.3 Å². The average Bonchev–Trinajstić information content (AvgIpc) is 2.59. The van der Waals surface area contributed by atoms with E-state index in [1.165, 1.54) is 0 Å². The van der Waals surface area contributed by atoms with Crippen LogP contribution < -0.4 is 0 Å². The van der Waals surface area contributed by atoms with Gasteiger partial charge in [0.2, 0.25) is 0 Å². The summed E-state index contributed by atoms with van der Waals surface area (Å²) in [7, 11) is 1.99. The molecule has 2 heterocycles. The molecule has 0 amide bonds. The first-order valence-corrected chi connectivity index (χ1v) is 6.32. The predicted octanol–water partition coefficient (Wildman–Crippen LogP) is 1.67. The summed E-state index contributed by atoms with van der Waals surface area (Å²) < 4.78 is 7.67. The molecule has 1 saturated heterocycles. The summed E-state index contributed by atoms with van der Waals surface area (Å²) in [6, 6.07) is 0. The number of hydrogen-bond donors (Lipinski definition) is 1. The largest absolute Gasteiger partial charge is 0.390 e. The molecule has 1 aromatic heterocycles. The Hall–Kier alpha value is -0.870. The van der Waals surface area contributed by atoms with E-state index in [2.05, 4.69) is 4.98 Å². The fourth-order valence-corrected chi connectivity index (χ4v) is 2.83. The molecular formula is C13H22N2O2. The minimum absolute atomic E-state index is 0.144. The van der Waals surface area contributed by atoms with Gasteiger partial charge in [0.05, 0.1) is 17.8 Å². The van der Waals surface area contributed by atoms with Crippen molar-refractivity contribution < 1.29 is 9.84 Å². The summed E-state index contributed by atoms with van der Waals surface area (Å²) in [6.45, 7) is 4.06. The molecule has 1 N–H and O–H groups in total. The summed E-state index contributed by atoms with van der Waals surface area (Å²) in [4.78, 5) is 4.29. The quantitative estimate of drug-likeness (QED) is 0.871. The van der Waals surface area contributed by atoms with E-state index in [1.54, 1.807) is 6.20 Å². The van der Waals surface area contributed by atoms with Crippen LogP contribution in [0.4, 0.5) is 0 Å². The van der Waals surface area contributed by atoms with Crippen molar-refractivity contribution in [2.45, 2.75) is 57.3 Å². The van der Waals surface area contributed by atoms with Crippen LogP contribution in [-0.2, 0) is 18.2 Å². The lowest BCUT2D eigenvalue weighted by Gasteiger charge is -2.39. The second-order valence-corrected chi connectivity index (χ2v) is 5.34. The molecule has 2 unspecified atom stereocenters. The van der Waals surface area contributed by atoms with E-state index in [0.717, 1.165) is 31.5 Å². The maximum atomic E-state index is 10.6. The van der Waals surface area contributed by atoms with Crippen molar-refractivity contribution in [2.75, 3.05) is 0 Å². The summed E-state index contributed by atoms with van der Waals surface area (Å²) in [5.74, 6) is 1.03. The Labute approximate surface area is 103 Å². The highest BCUT2D eigenvalue weighted by molar-refractivity contribution is 4.95. The minimum Gasteiger partial charge on any atom is -0.390 e. The summed E-state index contributed by atoms with van der Waals surface area (Å²) >= 11 is 0. The third-order valence-corrected chi connectivity index (χ3v) is 3.53. The zero-order valence-electron chi connectivity index (χ0n) is 10.9. The van der Waals surface area contributed by atoms with Crippen LogP contribution in [0.15, 0.2) is 12.4 Å². The van der Waals surface area contributed by atoms with Gasteiger partial charge in [-0.05, 0) is 20.3 Å². The molecule has 1 aliphatic heterocycles. The Bertz CT molecular complexity index is 365.